The van der Waals surface area contributed by atoms with Crippen LogP contribution in [0.25, 0.3) is 0 Å². The van der Waals surface area contributed by atoms with Gasteiger partial charge in [0.05, 0.1) is 0 Å². The quantitative estimate of drug-likeness (QED) is 0.814. The first-order chi connectivity index (χ1) is 8.12. The van der Waals surface area contributed by atoms with E-state index in [2.05, 4.69) is 49.0 Å². The maximum atomic E-state index is 3.65. The fourth-order valence-electron chi connectivity index (χ4n) is 3.15. The van der Waals surface area contributed by atoms with E-state index in [1.54, 1.807) is 0 Å². The van der Waals surface area contributed by atoms with Gasteiger partial charge in [0.25, 0.3) is 0 Å². The predicted molar refractivity (Wildman–Crippen MR) is 77.8 cm³/mol. The Bertz CT molecular complexity index is 253. The van der Waals surface area contributed by atoms with Gasteiger partial charge in [-0.15, -0.1) is 0 Å². The van der Waals surface area contributed by atoms with Crippen LogP contribution in [0.5, 0.6) is 0 Å². The van der Waals surface area contributed by atoms with Gasteiger partial charge < -0.3 is 5.32 Å². The summed E-state index contributed by atoms with van der Waals surface area (Å²) in [7, 11) is 0. The molecule has 1 heterocycles. The first-order valence-electron chi connectivity index (χ1n) is 7.14. The molecule has 0 radical (unpaired) electrons. The minimum atomic E-state index is 0.624. The van der Waals surface area contributed by atoms with Crippen molar-refractivity contribution >= 4 is 11.8 Å². The van der Waals surface area contributed by atoms with E-state index >= 15 is 0 Å². The fourth-order valence-corrected chi connectivity index (χ4v) is 3.95. The Labute approximate surface area is 111 Å². The number of piperidine rings is 1. The van der Waals surface area contributed by atoms with E-state index in [4.69, 9.17) is 0 Å². The lowest BCUT2D eigenvalue weighted by molar-refractivity contribution is 0.0844. The molecule has 2 rings (SSSR count). The van der Waals surface area contributed by atoms with Crippen molar-refractivity contribution in [3.63, 3.8) is 0 Å². The van der Waals surface area contributed by atoms with Gasteiger partial charge in [0.15, 0.2) is 0 Å². The molecule has 2 aliphatic rings. The van der Waals surface area contributed by atoms with Crippen molar-refractivity contribution in [2.24, 2.45) is 5.92 Å². The molecule has 17 heavy (non-hydrogen) atoms. The van der Waals surface area contributed by atoms with Crippen molar-refractivity contribution in [3.05, 3.63) is 0 Å². The topological polar surface area (TPSA) is 15.3 Å². The van der Waals surface area contributed by atoms with Crippen LogP contribution in [0.2, 0.25) is 0 Å². The van der Waals surface area contributed by atoms with E-state index in [-0.39, 0.29) is 0 Å². The van der Waals surface area contributed by atoms with Crippen LogP contribution in [0.1, 0.15) is 40.0 Å². The van der Waals surface area contributed by atoms with Crippen molar-refractivity contribution < 1.29 is 0 Å². The highest BCUT2D eigenvalue weighted by Gasteiger charge is 2.45. The third kappa shape index (κ3) is 2.99. The molecule has 2 fully saturated rings. The molecule has 1 saturated carbocycles. The smallest absolute Gasteiger partial charge is 0.0285 e. The Hall–Kier alpha value is 0.270. The van der Waals surface area contributed by atoms with Gasteiger partial charge in [-0.1, -0.05) is 13.8 Å². The molecule has 1 aliphatic heterocycles. The SMILES string of the molecule is CCNC1CCN(CC2(SC)CC2)C(C)C1C. The van der Waals surface area contributed by atoms with Gasteiger partial charge in [-0.25, -0.2) is 0 Å². The standard InChI is InChI=1S/C14H28N2S/c1-5-15-13-6-9-16(12(3)11(13)2)10-14(17-4)7-8-14/h11-13,15H,5-10H2,1-4H3. The maximum Gasteiger partial charge on any atom is 0.0285 e. The summed E-state index contributed by atoms with van der Waals surface area (Å²) >= 11 is 2.09. The number of hydrogen-bond donors (Lipinski definition) is 1. The molecule has 0 bridgehead atoms. The molecule has 0 spiro atoms. The zero-order chi connectivity index (χ0) is 12.5. The minimum absolute atomic E-state index is 0.624. The summed E-state index contributed by atoms with van der Waals surface area (Å²) in [6.45, 7) is 10.8. The third-order valence-corrected chi connectivity index (χ3v) is 6.30. The number of likely N-dealkylation sites (tertiary alicyclic amines) is 1. The molecule has 3 unspecified atom stereocenters. The van der Waals surface area contributed by atoms with E-state index in [9.17, 15) is 0 Å². The Balaban J connectivity index is 1.89. The second-order valence-electron chi connectivity index (χ2n) is 5.91. The first kappa shape index (κ1) is 13.7. The van der Waals surface area contributed by atoms with E-state index in [1.807, 2.05) is 0 Å². The molecule has 3 heteroatoms. The van der Waals surface area contributed by atoms with Gasteiger partial charge >= 0.3 is 0 Å². The van der Waals surface area contributed by atoms with Crippen molar-refractivity contribution in [2.45, 2.75) is 56.9 Å². The molecule has 100 valence electrons. The summed E-state index contributed by atoms with van der Waals surface area (Å²) in [6, 6.07) is 1.47. The third-order valence-electron chi connectivity index (χ3n) is 4.90. The summed E-state index contributed by atoms with van der Waals surface area (Å²) < 4.78 is 0.624. The fraction of sp³-hybridized carbons (Fsp3) is 1.00. The number of rotatable bonds is 5. The Morgan fingerprint density at radius 1 is 1.35 bits per heavy atom. The maximum absolute atomic E-state index is 3.65. The average Bonchev–Trinajstić information content (AvgIpc) is 3.10. The molecule has 1 aliphatic carbocycles. The first-order valence-corrected chi connectivity index (χ1v) is 8.37. The second kappa shape index (κ2) is 5.50. The van der Waals surface area contributed by atoms with Gasteiger partial charge in [0.1, 0.15) is 0 Å². The van der Waals surface area contributed by atoms with Crippen molar-refractivity contribution in [1.82, 2.24) is 10.2 Å². The normalized spacial score (nSPS) is 37.1. The van der Waals surface area contributed by atoms with Crippen molar-refractivity contribution in [3.8, 4) is 0 Å². The predicted octanol–water partition coefficient (Wildman–Crippen LogP) is 2.59. The van der Waals surface area contributed by atoms with Gasteiger partial charge in [-0.3, -0.25) is 4.90 Å². The van der Waals surface area contributed by atoms with Gasteiger partial charge in [0, 0.05) is 23.4 Å². The monoisotopic (exact) mass is 256 g/mol. The van der Waals surface area contributed by atoms with Crippen molar-refractivity contribution in [2.75, 3.05) is 25.9 Å². The number of thioether (sulfide) groups is 1. The second-order valence-corrected chi connectivity index (χ2v) is 7.18. The zero-order valence-electron chi connectivity index (χ0n) is 11.8. The molecule has 1 N–H and O–H groups in total. The summed E-state index contributed by atoms with van der Waals surface area (Å²) in [4.78, 5) is 2.74. The van der Waals surface area contributed by atoms with E-state index < -0.39 is 0 Å². The van der Waals surface area contributed by atoms with Crippen LogP contribution in [0.4, 0.5) is 0 Å². The summed E-state index contributed by atoms with van der Waals surface area (Å²) in [5, 5.41) is 3.65. The van der Waals surface area contributed by atoms with Crippen LogP contribution >= 0.6 is 11.8 Å². The lowest BCUT2D eigenvalue weighted by Gasteiger charge is -2.44. The van der Waals surface area contributed by atoms with Crippen LogP contribution in [0, 0.1) is 5.92 Å². The molecule has 0 aromatic rings. The molecule has 0 amide bonds. The zero-order valence-corrected chi connectivity index (χ0v) is 12.6. The van der Waals surface area contributed by atoms with E-state index in [0.717, 1.165) is 24.5 Å². The number of hydrogen-bond acceptors (Lipinski definition) is 3. The van der Waals surface area contributed by atoms with Gasteiger partial charge in [-0.2, -0.15) is 11.8 Å². The molecular formula is C14H28N2S. The summed E-state index contributed by atoms with van der Waals surface area (Å²) in [5.74, 6) is 0.779. The number of nitrogens with zero attached hydrogens (tertiary/aromatic N) is 1. The molecule has 3 atom stereocenters. The lowest BCUT2D eigenvalue weighted by atomic mass is 9.87. The number of nitrogens with one attached hydrogen (secondary N) is 1. The van der Waals surface area contributed by atoms with Crippen LogP contribution in [0.15, 0.2) is 0 Å². The largest absolute Gasteiger partial charge is 0.314 e. The van der Waals surface area contributed by atoms with Crippen LogP contribution in [-0.4, -0.2) is 47.6 Å². The lowest BCUT2D eigenvalue weighted by Crippen LogP contribution is -2.54. The highest BCUT2D eigenvalue weighted by Crippen LogP contribution is 2.48. The minimum Gasteiger partial charge on any atom is -0.314 e. The summed E-state index contributed by atoms with van der Waals surface area (Å²) in [6.07, 6.45) is 6.47. The Kier molecular flexibility index (Phi) is 4.43. The molecule has 1 saturated heterocycles. The molecule has 0 aromatic carbocycles. The Morgan fingerprint density at radius 2 is 2.06 bits per heavy atom. The van der Waals surface area contributed by atoms with E-state index in [0.29, 0.717) is 4.75 Å². The van der Waals surface area contributed by atoms with Crippen molar-refractivity contribution in [1.29, 1.82) is 0 Å². The van der Waals surface area contributed by atoms with Gasteiger partial charge in [-0.05, 0) is 51.4 Å². The van der Waals surface area contributed by atoms with Crippen LogP contribution in [-0.2, 0) is 0 Å². The van der Waals surface area contributed by atoms with Gasteiger partial charge in [0.2, 0.25) is 0 Å². The molecule has 0 aromatic heterocycles. The summed E-state index contributed by atoms with van der Waals surface area (Å²) in [5.41, 5.74) is 0. The van der Waals surface area contributed by atoms with Crippen LogP contribution in [0.3, 0.4) is 0 Å². The average molecular weight is 256 g/mol. The van der Waals surface area contributed by atoms with E-state index in [1.165, 1.54) is 32.4 Å². The Morgan fingerprint density at radius 3 is 2.59 bits per heavy atom. The molecular weight excluding hydrogens is 228 g/mol. The molecule has 2 nitrogen and oxygen atoms in total. The highest BCUT2D eigenvalue weighted by molar-refractivity contribution is 8.00. The highest BCUT2D eigenvalue weighted by atomic mass is 32.2. The van der Waals surface area contributed by atoms with Crippen LogP contribution < -0.4 is 5.32 Å².